The lowest BCUT2D eigenvalue weighted by Crippen LogP contribution is -1.91. The Kier molecular flexibility index (Phi) is 8.01. The fourth-order valence-electron chi connectivity index (χ4n) is 0.950. The largest absolute Gasteiger partial charge is 0.498 e. The van der Waals surface area contributed by atoms with Gasteiger partial charge in [-0.15, -0.1) is 0 Å². The van der Waals surface area contributed by atoms with Gasteiger partial charge in [0.15, 0.2) is 0 Å². The maximum Gasteiger partial charge on any atom is 0.0928 e. The van der Waals surface area contributed by atoms with Crippen molar-refractivity contribution in [2.24, 2.45) is 0 Å². The minimum atomic E-state index is 0.831. The lowest BCUT2D eigenvalue weighted by atomic mass is 10.2. The van der Waals surface area contributed by atoms with Crippen LogP contribution in [0, 0.1) is 0 Å². The monoisotopic (exact) mass is 194 g/mol. The topological polar surface area (TPSA) is 9.23 Å². The van der Waals surface area contributed by atoms with Crippen LogP contribution in [0.1, 0.15) is 40.0 Å². The molecule has 0 atom stereocenters. The molecule has 0 heterocycles. The number of rotatable bonds is 7. The SMILES string of the molecule is C=C/C(C)=C\C=C(/C)OCCCCC. The molecule has 0 aromatic rings. The van der Waals surface area contributed by atoms with E-state index in [-0.39, 0.29) is 0 Å². The summed E-state index contributed by atoms with van der Waals surface area (Å²) in [5.74, 6) is 0.974. The molecule has 0 aliphatic heterocycles. The first-order valence-corrected chi connectivity index (χ1v) is 5.31. The Morgan fingerprint density at radius 1 is 1.21 bits per heavy atom. The summed E-state index contributed by atoms with van der Waals surface area (Å²) < 4.78 is 5.52. The molecule has 1 nitrogen and oxygen atoms in total. The Morgan fingerprint density at radius 3 is 2.50 bits per heavy atom. The van der Waals surface area contributed by atoms with E-state index in [4.69, 9.17) is 4.74 Å². The summed E-state index contributed by atoms with van der Waals surface area (Å²) in [4.78, 5) is 0. The molecule has 0 N–H and O–H groups in total. The number of unbranched alkanes of at least 4 members (excludes halogenated alkanes) is 2. The van der Waals surface area contributed by atoms with Crippen LogP contribution in [0.3, 0.4) is 0 Å². The summed E-state index contributed by atoms with van der Waals surface area (Å²) in [6.45, 7) is 10.7. The van der Waals surface area contributed by atoms with Crippen molar-refractivity contribution in [1.82, 2.24) is 0 Å². The van der Waals surface area contributed by atoms with Crippen molar-refractivity contribution in [3.05, 3.63) is 36.1 Å². The molecular formula is C13H22O. The first-order chi connectivity index (χ1) is 6.70. The molecule has 0 fully saturated rings. The van der Waals surface area contributed by atoms with Crippen LogP contribution in [0.25, 0.3) is 0 Å². The van der Waals surface area contributed by atoms with E-state index < -0.39 is 0 Å². The highest BCUT2D eigenvalue weighted by Crippen LogP contribution is 2.02. The molecule has 1 heteroatoms. The summed E-state index contributed by atoms with van der Waals surface area (Å²) in [5.41, 5.74) is 1.15. The Bertz CT molecular complexity index is 211. The van der Waals surface area contributed by atoms with Crippen LogP contribution in [-0.2, 0) is 4.74 Å². The molecule has 0 spiro atoms. The molecule has 0 saturated heterocycles. The van der Waals surface area contributed by atoms with Crippen LogP contribution in [0.15, 0.2) is 36.1 Å². The third-order valence-corrected chi connectivity index (χ3v) is 1.98. The maximum atomic E-state index is 5.52. The molecule has 0 rings (SSSR count). The third kappa shape index (κ3) is 7.66. The minimum Gasteiger partial charge on any atom is -0.498 e. The van der Waals surface area contributed by atoms with Crippen LogP contribution in [0.5, 0.6) is 0 Å². The number of allylic oxidation sites excluding steroid dienone is 5. The predicted molar refractivity (Wildman–Crippen MR) is 63.2 cm³/mol. The van der Waals surface area contributed by atoms with Crippen LogP contribution in [0.2, 0.25) is 0 Å². The van der Waals surface area contributed by atoms with Gasteiger partial charge in [-0.2, -0.15) is 0 Å². The van der Waals surface area contributed by atoms with Crippen molar-refractivity contribution in [2.45, 2.75) is 40.0 Å². The van der Waals surface area contributed by atoms with Gasteiger partial charge in [-0.1, -0.05) is 44.1 Å². The summed E-state index contributed by atoms with van der Waals surface area (Å²) >= 11 is 0. The molecule has 0 radical (unpaired) electrons. The molecule has 0 saturated carbocycles. The summed E-state index contributed by atoms with van der Waals surface area (Å²) in [7, 11) is 0. The first-order valence-electron chi connectivity index (χ1n) is 5.31. The van der Waals surface area contributed by atoms with Gasteiger partial charge < -0.3 is 4.74 Å². The van der Waals surface area contributed by atoms with Crippen LogP contribution in [-0.4, -0.2) is 6.61 Å². The molecule has 14 heavy (non-hydrogen) atoms. The highest BCUT2D eigenvalue weighted by Gasteiger charge is 1.89. The second kappa shape index (κ2) is 8.61. The second-order valence-electron chi connectivity index (χ2n) is 3.45. The molecule has 0 aliphatic rings. The number of hydrogen-bond donors (Lipinski definition) is 0. The van der Waals surface area contributed by atoms with Crippen molar-refractivity contribution in [1.29, 1.82) is 0 Å². The molecule has 0 bridgehead atoms. The van der Waals surface area contributed by atoms with Gasteiger partial charge in [0.05, 0.1) is 12.4 Å². The van der Waals surface area contributed by atoms with E-state index >= 15 is 0 Å². The van der Waals surface area contributed by atoms with Gasteiger partial charge in [-0.3, -0.25) is 0 Å². The molecule has 0 amide bonds. The van der Waals surface area contributed by atoms with Crippen molar-refractivity contribution in [3.63, 3.8) is 0 Å². The molecule has 0 aliphatic carbocycles. The molecule has 0 unspecified atom stereocenters. The van der Waals surface area contributed by atoms with E-state index in [0.717, 1.165) is 24.4 Å². The average molecular weight is 194 g/mol. The minimum absolute atomic E-state index is 0.831. The Hall–Kier alpha value is -0.980. The predicted octanol–water partition coefficient (Wildman–Crippen LogP) is 4.23. The normalized spacial score (nSPS) is 12.8. The Morgan fingerprint density at radius 2 is 1.93 bits per heavy atom. The van der Waals surface area contributed by atoms with Crippen molar-refractivity contribution >= 4 is 0 Å². The molecule has 80 valence electrons. The van der Waals surface area contributed by atoms with E-state index in [1.807, 2.05) is 32.1 Å². The van der Waals surface area contributed by atoms with E-state index in [0.29, 0.717) is 0 Å². The lowest BCUT2D eigenvalue weighted by molar-refractivity contribution is 0.207. The Balaban J connectivity index is 3.72. The van der Waals surface area contributed by atoms with Gasteiger partial charge in [-0.05, 0) is 26.3 Å². The van der Waals surface area contributed by atoms with Gasteiger partial charge in [0, 0.05) is 0 Å². The molecule has 0 aromatic carbocycles. The summed E-state index contributed by atoms with van der Waals surface area (Å²) in [5, 5.41) is 0. The average Bonchev–Trinajstić information content (AvgIpc) is 2.21. The van der Waals surface area contributed by atoms with E-state index in [9.17, 15) is 0 Å². The number of hydrogen-bond acceptors (Lipinski definition) is 1. The fourth-order valence-corrected chi connectivity index (χ4v) is 0.950. The smallest absolute Gasteiger partial charge is 0.0928 e. The summed E-state index contributed by atoms with van der Waals surface area (Å²) in [6.07, 6.45) is 9.47. The zero-order valence-electron chi connectivity index (χ0n) is 9.68. The second-order valence-corrected chi connectivity index (χ2v) is 3.45. The zero-order chi connectivity index (χ0) is 10.8. The fraction of sp³-hybridized carbons (Fsp3) is 0.538. The number of ether oxygens (including phenoxy) is 1. The Labute approximate surface area is 88.2 Å². The van der Waals surface area contributed by atoms with E-state index in [1.54, 1.807) is 0 Å². The van der Waals surface area contributed by atoms with Gasteiger partial charge >= 0.3 is 0 Å². The van der Waals surface area contributed by atoms with Crippen molar-refractivity contribution in [3.8, 4) is 0 Å². The van der Waals surface area contributed by atoms with Gasteiger partial charge in [0.25, 0.3) is 0 Å². The standard InChI is InChI=1S/C13H22O/c1-5-7-8-11-14-13(4)10-9-12(3)6-2/h6,9-10H,2,5,7-8,11H2,1,3-4H3/b12-9-,13-10+. The van der Waals surface area contributed by atoms with E-state index in [2.05, 4.69) is 13.5 Å². The quantitative estimate of drug-likeness (QED) is 0.335. The lowest BCUT2D eigenvalue weighted by Gasteiger charge is -2.04. The first kappa shape index (κ1) is 13.0. The zero-order valence-corrected chi connectivity index (χ0v) is 9.68. The highest BCUT2D eigenvalue weighted by atomic mass is 16.5. The molecular weight excluding hydrogens is 172 g/mol. The molecule has 0 aromatic heterocycles. The van der Waals surface area contributed by atoms with Crippen LogP contribution in [0.4, 0.5) is 0 Å². The van der Waals surface area contributed by atoms with Crippen LogP contribution >= 0.6 is 0 Å². The highest BCUT2D eigenvalue weighted by molar-refractivity contribution is 5.20. The van der Waals surface area contributed by atoms with Crippen molar-refractivity contribution in [2.75, 3.05) is 6.61 Å². The van der Waals surface area contributed by atoms with E-state index in [1.165, 1.54) is 12.8 Å². The van der Waals surface area contributed by atoms with Gasteiger partial charge in [0.2, 0.25) is 0 Å². The van der Waals surface area contributed by atoms with Crippen LogP contribution < -0.4 is 0 Å². The third-order valence-electron chi connectivity index (χ3n) is 1.98. The summed E-state index contributed by atoms with van der Waals surface area (Å²) in [6, 6.07) is 0. The maximum absolute atomic E-state index is 5.52. The van der Waals surface area contributed by atoms with Gasteiger partial charge in [0.1, 0.15) is 0 Å². The van der Waals surface area contributed by atoms with Gasteiger partial charge in [-0.25, -0.2) is 0 Å². The van der Waals surface area contributed by atoms with Crippen molar-refractivity contribution < 1.29 is 4.74 Å².